The van der Waals surface area contributed by atoms with Gasteiger partial charge in [0.15, 0.2) is 0 Å². The Morgan fingerprint density at radius 1 is 1.40 bits per heavy atom. The highest BCUT2D eigenvalue weighted by Crippen LogP contribution is 2.31. The highest BCUT2D eigenvalue weighted by atomic mass is 19.1. The number of hydrogen-bond donors (Lipinski definition) is 1. The molecule has 1 aliphatic carbocycles. The lowest BCUT2D eigenvalue weighted by molar-refractivity contribution is 0.180. The molecule has 1 aromatic heterocycles. The summed E-state index contributed by atoms with van der Waals surface area (Å²) >= 11 is 0. The van der Waals surface area contributed by atoms with Crippen molar-refractivity contribution in [1.29, 1.82) is 0 Å². The third kappa shape index (κ3) is 2.48. The van der Waals surface area contributed by atoms with Crippen LogP contribution in [0.3, 0.4) is 0 Å². The molecule has 1 fully saturated rings. The van der Waals surface area contributed by atoms with Crippen LogP contribution in [0, 0.1) is 11.7 Å². The molecule has 1 heterocycles. The number of nitrogens with zero attached hydrogens (tertiary/aromatic N) is 2. The van der Waals surface area contributed by atoms with Crippen LogP contribution in [0.4, 0.5) is 10.2 Å². The van der Waals surface area contributed by atoms with Gasteiger partial charge in [-0.3, -0.25) is 4.68 Å². The van der Waals surface area contributed by atoms with Gasteiger partial charge in [-0.15, -0.1) is 0 Å². The van der Waals surface area contributed by atoms with Gasteiger partial charge in [0.1, 0.15) is 17.4 Å². The molecule has 0 spiro atoms. The molecule has 1 saturated carbocycles. The average molecular weight is 275 g/mol. The van der Waals surface area contributed by atoms with Crippen molar-refractivity contribution in [3.8, 4) is 16.9 Å². The number of ether oxygens (including phenoxy) is 1. The fraction of sp³-hybridized carbons (Fsp3) is 0.400. The lowest BCUT2D eigenvalue weighted by atomic mass is 9.86. The quantitative estimate of drug-likeness (QED) is 0.933. The van der Waals surface area contributed by atoms with Crippen LogP contribution in [-0.2, 0) is 7.05 Å². The molecule has 0 unspecified atom stereocenters. The Balaban J connectivity index is 1.83. The van der Waals surface area contributed by atoms with Crippen molar-refractivity contribution >= 4 is 5.82 Å². The molecule has 20 heavy (non-hydrogen) atoms. The standard InChI is InChI=1S/C15H18FN3O/c1-19-15(17)14(8-18-19)11-5-12(16)7-13(6-11)20-9-10-3-2-4-10/h5-8,10H,2-4,9,17H2,1H3. The molecule has 5 heteroatoms. The number of aryl methyl sites for hydroxylation is 1. The van der Waals surface area contributed by atoms with E-state index in [9.17, 15) is 4.39 Å². The van der Waals surface area contributed by atoms with E-state index in [1.807, 2.05) is 6.07 Å². The molecule has 0 radical (unpaired) electrons. The van der Waals surface area contributed by atoms with Crippen LogP contribution in [-0.4, -0.2) is 16.4 Å². The minimum absolute atomic E-state index is 0.325. The second-order valence-corrected chi connectivity index (χ2v) is 5.35. The third-order valence-electron chi connectivity index (χ3n) is 3.88. The lowest BCUT2D eigenvalue weighted by Crippen LogP contribution is -2.19. The highest BCUT2D eigenvalue weighted by Gasteiger charge is 2.18. The van der Waals surface area contributed by atoms with Crippen LogP contribution in [0.5, 0.6) is 5.75 Å². The Kier molecular flexibility index (Phi) is 3.34. The maximum atomic E-state index is 13.7. The van der Waals surface area contributed by atoms with Gasteiger partial charge in [0.25, 0.3) is 0 Å². The normalized spacial score (nSPS) is 15.1. The Bertz CT molecular complexity index is 620. The first kappa shape index (κ1) is 13.0. The van der Waals surface area contributed by atoms with Crippen LogP contribution in [0.2, 0.25) is 0 Å². The summed E-state index contributed by atoms with van der Waals surface area (Å²) in [4.78, 5) is 0. The van der Waals surface area contributed by atoms with Crippen LogP contribution in [0.1, 0.15) is 19.3 Å². The van der Waals surface area contributed by atoms with E-state index in [4.69, 9.17) is 10.5 Å². The van der Waals surface area contributed by atoms with Crippen LogP contribution >= 0.6 is 0 Å². The first-order valence-corrected chi connectivity index (χ1v) is 6.84. The molecule has 106 valence electrons. The SMILES string of the molecule is Cn1ncc(-c2cc(F)cc(OCC3CCC3)c2)c1N. The van der Waals surface area contributed by atoms with Gasteiger partial charge in [0.2, 0.25) is 0 Å². The molecular formula is C15H18FN3O. The Morgan fingerprint density at radius 2 is 2.20 bits per heavy atom. The first-order chi connectivity index (χ1) is 9.63. The number of aromatic nitrogens is 2. The Morgan fingerprint density at radius 3 is 2.80 bits per heavy atom. The number of nitrogen functional groups attached to an aromatic ring is 1. The summed E-state index contributed by atoms with van der Waals surface area (Å²) in [6, 6.07) is 4.67. The summed E-state index contributed by atoms with van der Waals surface area (Å²) in [5.74, 6) is 1.36. The van der Waals surface area contributed by atoms with Crippen molar-refractivity contribution < 1.29 is 9.13 Å². The maximum Gasteiger partial charge on any atom is 0.129 e. The summed E-state index contributed by atoms with van der Waals surface area (Å²) < 4.78 is 21.0. The van der Waals surface area contributed by atoms with Gasteiger partial charge < -0.3 is 10.5 Å². The van der Waals surface area contributed by atoms with E-state index in [1.165, 1.54) is 31.4 Å². The predicted molar refractivity (Wildman–Crippen MR) is 75.9 cm³/mol. The molecular weight excluding hydrogens is 257 g/mol. The molecule has 1 aromatic carbocycles. The average Bonchev–Trinajstić information content (AvgIpc) is 2.67. The largest absolute Gasteiger partial charge is 0.493 e. The summed E-state index contributed by atoms with van der Waals surface area (Å²) in [6.45, 7) is 0.658. The zero-order chi connectivity index (χ0) is 14.1. The summed E-state index contributed by atoms with van der Waals surface area (Å²) in [5.41, 5.74) is 7.34. The van der Waals surface area contributed by atoms with Crippen molar-refractivity contribution in [3.05, 3.63) is 30.2 Å². The smallest absolute Gasteiger partial charge is 0.129 e. The molecule has 3 rings (SSSR count). The summed E-state index contributed by atoms with van der Waals surface area (Å²) in [7, 11) is 1.76. The molecule has 0 saturated heterocycles. The van der Waals surface area contributed by atoms with Gasteiger partial charge in [0, 0.05) is 18.7 Å². The molecule has 2 aromatic rings. The summed E-state index contributed by atoms with van der Waals surface area (Å²) in [6.07, 6.45) is 5.32. The minimum atomic E-state index is -0.325. The monoisotopic (exact) mass is 275 g/mol. The number of anilines is 1. The van der Waals surface area contributed by atoms with E-state index < -0.39 is 0 Å². The molecule has 4 nitrogen and oxygen atoms in total. The zero-order valence-electron chi connectivity index (χ0n) is 11.5. The van der Waals surface area contributed by atoms with Crippen molar-refractivity contribution in [1.82, 2.24) is 9.78 Å². The molecule has 1 aliphatic rings. The first-order valence-electron chi connectivity index (χ1n) is 6.84. The van der Waals surface area contributed by atoms with E-state index in [0.717, 1.165) is 5.56 Å². The molecule has 0 bridgehead atoms. The fourth-order valence-corrected chi connectivity index (χ4v) is 2.34. The number of rotatable bonds is 4. The summed E-state index contributed by atoms with van der Waals surface area (Å²) in [5, 5.41) is 4.08. The molecule has 0 amide bonds. The van der Waals surface area contributed by atoms with E-state index >= 15 is 0 Å². The van der Waals surface area contributed by atoms with Crippen molar-refractivity contribution in [2.45, 2.75) is 19.3 Å². The Labute approximate surface area is 117 Å². The number of nitrogens with two attached hydrogens (primary N) is 1. The van der Waals surface area contributed by atoms with Gasteiger partial charge in [-0.05, 0) is 36.5 Å². The minimum Gasteiger partial charge on any atom is -0.493 e. The predicted octanol–water partition coefficient (Wildman–Crippen LogP) is 2.99. The molecule has 2 N–H and O–H groups in total. The lowest BCUT2D eigenvalue weighted by Gasteiger charge is -2.25. The second kappa shape index (κ2) is 5.15. The second-order valence-electron chi connectivity index (χ2n) is 5.35. The van der Waals surface area contributed by atoms with E-state index in [2.05, 4.69) is 5.10 Å². The highest BCUT2D eigenvalue weighted by molar-refractivity contribution is 5.74. The molecule has 0 aliphatic heterocycles. The van der Waals surface area contributed by atoms with Crippen molar-refractivity contribution in [2.75, 3.05) is 12.3 Å². The van der Waals surface area contributed by atoms with Gasteiger partial charge in [0.05, 0.1) is 12.8 Å². The number of halogens is 1. The Hall–Kier alpha value is -2.04. The molecule has 0 atom stereocenters. The van der Waals surface area contributed by atoms with E-state index in [0.29, 0.717) is 29.7 Å². The van der Waals surface area contributed by atoms with Crippen molar-refractivity contribution in [2.24, 2.45) is 13.0 Å². The van der Waals surface area contributed by atoms with E-state index in [1.54, 1.807) is 17.9 Å². The van der Waals surface area contributed by atoms with Crippen molar-refractivity contribution in [3.63, 3.8) is 0 Å². The topological polar surface area (TPSA) is 53.1 Å². The van der Waals surface area contributed by atoms with Gasteiger partial charge >= 0.3 is 0 Å². The van der Waals surface area contributed by atoms with Gasteiger partial charge in [-0.2, -0.15) is 5.10 Å². The van der Waals surface area contributed by atoms with Gasteiger partial charge in [-0.1, -0.05) is 6.42 Å². The van der Waals surface area contributed by atoms with Crippen LogP contribution in [0.15, 0.2) is 24.4 Å². The fourth-order valence-electron chi connectivity index (χ4n) is 2.34. The van der Waals surface area contributed by atoms with E-state index in [-0.39, 0.29) is 5.82 Å². The maximum absolute atomic E-state index is 13.7. The number of benzene rings is 1. The zero-order valence-corrected chi connectivity index (χ0v) is 11.5. The number of hydrogen-bond acceptors (Lipinski definition) is 3. The van der Waals surface area contributed by atoms with Crippen LogP contribution in [0.25, 0.3) is 11.1 Å². The third-order valence-corrected chi connectivity index (χ3v) is 3.88. The van der Waals surface area contributed by atoms with Crippen LogP contribution < -0.4 is 10.5 Å². The van der Waals surface area contributed by atoms with Gasteiger partial charge in [-0.25, -0.2) is 4.39 Å².